The maximum Gasteiger partial charge on any atom is 0.288 e. The summed E-state index contributed by atoms with van der Waals surface area (Å²) in [5.74, 6) is 0.917. The van der Waals surface area contributed by atoms with E-state index in [1.165, 1.54) is 37.8 Å². The number of nitro groups is 1. The first-order chi connectivity index (χ1) is 11.0. The molecule has 3 N–H and O–H groups in total. The van der Waals surface area contributed by atoms with Crippen molar-refractivity contribution in [2.75, 3.05) is 25.4 Å². The van der Waals surface area contributed by atoms with Crippen molar-refractivity contribution in [2.45, 2.75) is 0 Å². The lowest BCUT2D eigenvalue weighted by atomic mass is 10.1. The fourth-order valence-electron chi connectivity index (χ4n) is 1.72. The number of anilines is 2. The highest BCUT2D eigenvalue weighted by molar-refractivity contribution is 9.10. The van der Waals surface area contributed by atoms with Crippen molar-refractivity contribution < 1.29 is 14.4 Å². The summed E-state index contributed by atoms with van der Waals surface area (Å²) in [5.41, 5.74) is 8.39. The number of methoxy groups -OCH3 is 2. The van der Waals surface area contributed by atoms with Crippen LogP contribution in [0.1, 0.15) is 5.56 Å². The average molecular weight is 402 g/mol. The molecular formula is C12H12BrN5O4S. The fraction of sp³-hybridized carbons (Fsp3) is 0.167. The molecule has 1 heterocycles. The Balaban J connectivity index is 2.42. The number of aromatic nitrogens is 1. The van der Waals surface area contributed by atoms with Gasteiger partial charge in [-0.2, -0.15) is 5.10 Å². The van der Waals surface area contributed by atoms with E-state index in [0.29, 0.717) is 22.3 Å². The van der Waals surface area contributed by atoms with E-state index in [2.05, 4.69) is 31.4 Å². The van der Waals surface area contributed by atoms with Gasteiger partial charge >= 0.3 is 0 Å². The van der Waals surface area contributed by atoms with Crippen LogP contribution in [0.15, 0.2) is 21.0 Å². The van der Waals surface area contributed by atoms with Gasteiger partial charge in [0.15, 0.2) is 11.5 Å². The van der Waals surface area contributed by atoms with Crippen molar-refractivity contribution >= 4 is 50.1 Å². The number of hydrazone groups is 1. The number of benzene rings is 1. The van der Waals surface area contributed by atoms with Crippen LogP contribution in [0.4, 0.5) is 16.6 Å². The number of nitrogen functional groups attached to an aromatic ring is 1. The lowest BCUT2D eigenvalue weighted by molar-refractivity contribution is -0.385. The molecule has 11 heteroatoms. The molecule has 122 valence electrons. The molecule has 0 aliphatic rings. The number of nitrogens with zero attached hydrogens (tertiary/aromatic N) is 3. The first-order valence-corrected chi connectivity index (χ1v) is 7.74. The molecule has 0 amide bonds. The summed E-state index contributed by atoms with van der Waals surface area (Å²) in [5, 5.41) is 17.3. The van der Waals surface area contributed by atoms with Gasteiger partial charge in [-0.15, -0.1) is 11.3 Å². The van der Waals surface area contributed by atoms with E-state index < -0.39 is 4.92 Å². The topological polar surface area (TPSA) is 125 Å². The molecule has 1 aromatic carbocycles. The second-order valence-electron chi connectivity index (χ2n) is 4.06. The third kappa shape index (κ3) is 3.68. The molecule has 0 aliphatic carbocycles. The van der Waals surface area contributed by atoms with E-state index in [1.807, 2.05) is 0 Å². The third-order valence-corrected chi connectivity index (χ3v) is 4.29. The molecule has 2 rings (SSSR count). The summed E-state index contributed by atoms with van der Waals surface area (Å²) in [4.78, 5) is 14.6. The minimum Gasteiger partial charge on any atom is -0.493 e. The SMILES string of the molecule is COc1cc([N+](=O)[O-])c(Br)c(C=NNc2nc(N)cs2)c1OC. The zero-order valence-corrected chi connectivity index (χ0v) is 14.5. The van der Waals surface area contributed by atoms with E-state index in [9.17, 15) is 10.1 Å². The Morgan fingerprint density at radius 3 is 2.78 bits per heavy atom. The Labute approximate surface area is 143 Å². The quantitative estimate of drug-likeness (QED) is 0.432. The first kappa shape index (κ1) is 17.0. The maximum atomic E-state index is 11.1. The molecule has 2 aromatic rings. The van der Waals surface area contributed by atoms with Crippen LogP contribution in [-0.4, -0.2) is 30.3 Å². The van der Waals surface area contributed by atoms with Crippen molar-refractivity contribution in [2.24, 2.45) is 5.10 Å². The van der Waals surface area contributed by atoms with Crippen LogP contribution >= 0.6 is 27.3 Å². The number of thiazole rings is 1. The predicted octanol–water partition coefficient (Wildman–Crippen LogP) is 2.86. The standard InChI is InChI=1S/C12H12BrN5O4S/c1-21-8-3-7(18(19)20)10(13)6(11(8)22-2)4-15-17-12-16-9(14)5-23-12/h3-5H,14H2,1-2H3,(H,16,17). The molecule has 0 saturated heterocycles. The van der Waals surface area contributed by atoms with E-state index in [1.54, 1.807) is 5.38 Å². The van der Waals surface area contributed by atoms with Crippen LogP contribution in [0.3, 0.4) is 0 Å². The molecule has 0 bridgehead atoms. The summed E-state index contributed by atoms with van der Waals surface area (Å²) < 4.78 is 10.6. The highest BCUT2D eigenvalue weighted by atomic mass is 79.9. The largest absolute Gasteiger partial charge is 0.493 e. The summed E-state index contributed by atoms with van der Waals surface area (Å²) >= 11 is 4.48. The van der Waals surface area contributed by atoms with Crippen molar-refractivity contribution in [3.05, 3.63) is 31.6 Å². The molecule has 0 aliphatic heterocycles. The summed E-state index contributed by atoms with van der Waals surface area (Å²) in [6, 6.07) is 1.27. The van der Waals surface area contributed by atoms with Crippen LogP contribution in [0, 0.1) is 10.1 Å². The average Bonchev–Trinajstić information content (AvgIpc) is 2.93. The van der Waals surface area contributed by atoms with Gasteiger partial charge < -0.3 is 15.2 Å². The molecule has 9 nitrogen and oxygen atoms in total. The Bertz CT molecular complexity index is 764. The first-order valence-electron chi connectivity index (χ1n) is 6.06. The van der Waals surface area contributed by atoms with Gasteiger partial charge in [-0.05, 0) is 15.9 Å². The minimum absolute atomic E-state index is 0.164. The second kappa shape index (κ2) is 7.24. The van der Waals surface area contributed by atoms with Gasteiger partial charge in [0.05, 0.1) is 37.0 Å². The number of nitrogens with one attached hydrogen (secondary N) is 1. The zero-order valence-electron chi connectivity index (χ0n) is 12.1. The highest BCUT2D eigenvalue weighted by Gasteiger charge is 2.23. The third-order valence-electron chi connectivity index (χ3n) is 2.69. The van der Waals surface area contributed by atoms with Gasteiger partial charge in [0.1, 0.15) is 10.3 Å². The Hall–Kier alpha value is -2.40. The highest BCUT2D eigenvalue weighted by Crippen LogP contribution is 2.41. The van der Waals surface area contributed by atoms with Crippen LogP contribution in [-0.2, 0) is 0 Å². The number of hydrogen-bond acceptors (Lipinski definition) is 9. The van der Waals surface area contributed by atoms with Gasteiger partial charge in [0, 0.05) is 5.38 Å². The van der Waals surface area contributed by atoms with Crippen molar-refractivity contribution in [1.29, 1.82) is 0 Å². The Morgan fingerprint density at radius 2 is 2.26 bits per heavy atom. The van der Waals surface area contributed by atoms with E-state index >= 15 is 0 Å². The van der Waals surface area contributed by atoms with Crippen LogP contribution in [0.2, 0.25) is 0 Å². The van der Waals surface area contributed by atoms with E-state index in [0.717, 1.165) is 0 Å². The van der Waals surface area contributed by atoms with Gasteiger partial charge in [-0.25, -0.2) is 4.98 Å². The monoisotopic (exact) mass is 401 g/mol. The van der Waals surface area contributed by atoms with Crippen molar-refractivity contribution in [1.82, 2.24) is 4.98 Å². The number of ether oxygens (including phenoxy) is 2. The van der Waals surface area contributed by atoms with E-state index in [-0.39, 0.29) is 15.9 Å². The van der Waals surface area contributed by atoms with Gasteiger partial charge in [0.2, 0.25) is 5.13 Å². The fourth-order valence-corrected chi connectivity index (χ4v) is 2.81. The smallest absolute Gasteiger partial charge is 0.288 e. The van der Waals surface area contributed by atoms with Gasteiger partial charge in [-0.3, -0.25) is 15.5 Å². The molecule has 0 radical (unpaired) electrons. The van der Waals surface area contributed by atoms with Crippen molar-refractivity contribution in [3.8, 4) is 11.5 Å². The molecule has 0 saturated carbocycles. The zero-order chi connectivity index (χ0) is 17.0. The lowest BCUT2D eigenvalue weighted by Gasteiger charge is -2.12. The van der Waals surface area contributed by atoms with Gasteiger partial charge in [0.25, 0.3) is 5.69 Å². The molecule has 0 fully saturated rings. The van der Waals surface area contributed by atoms with Crippen LogP contribution in [0.5, 0.6) is 11.5 Å². The minimum atomic E-state index is -0.529. The summed E-state index contributed by atoms with van der Waals surface area (Å²) in [6.07, 6.45) is 1.37. The van der Waals surface area contributed by atoms with Gasteiger partial charge in [-0.1, -0.05) is 0 Å². The van der Waals surface area contributed by atoms with Crippen LogP contribution in [0.25, 0.3) is 0 Å². The van der Waals surface area contributed by atoms with Crippen LogP contribution < -0.4 is 20.6 Å². The Kier molecular flexibility index (Phi) is 5.34. The number of nitro benzene ring substituents is 1. The Morgan fingerprint density at radius 1 is 1.52 bits per heavy atom. The maximum absolute atomic E-state index is 11.1. The molecule has 1 aromatic heterocycles. The predicted molar refractivity (Wildman–Crippen MR) is 91.6 cm³/mol. The second-order valence-corrected chi connectivity index (χ2v) is 5.71. The molecule has 23 heavy (non-hydrogen) atoms. The molecular weight excluding hydrogens is 390 g/mol. The normalized spacial score (nSPS) is 10.7. The van der Waals surface area contributed by atoms with E-state index in [4.69, 9.17) is 15.2 Å². The number of halogens is 1. The summed E-state index contributed by atoms with van der Waals surface area (Å²) in [6.45, 7) is 0. The lowest BCUT2D eigenvalue weighted by Crippen LogP contribution is -2.01. The molecule has 0 unspecified atom stereocenters. The molecule has 0 spiro atoms. The summed E-state index contributed by atoms with van der Waals surface area (Å²) in [7, 11) is 2.83. The number of hydrogen-bond donors (Lipinski definition) is 2. The van der Waals surface area contributed by atoms with Crippen molar-refractivity contribution in [3.63, 3.8) is 0 Å². The number of nitrogens with two attached hydrogens (primary N) is 1. The molecule has 0 atom stereocenters. The number of rotatable bonds is 6.